The lowest BCUT2D eigenvalue weighted by atomic mass is 10.1. The summed E-state index contributed by atoms with van der Waals surface area (Å²) in [6.07, 6.45) is 0.749. The van der Waals surface area contributed by atoms with Crippen molar-refractivity contribution in [3.05, 3.63) is 83.9 Å². The second kappa shape index (κ2) is 9.66. The number of anilines is 2. The molecule has 0 aliphatic carbocycles. The van der Waals surface area contributed by atoms with E-state index in [0.29, 0.717) is 11.4 Å². The van der Waals surface area contributed by atoms with Crippen molar-refractivity contribution in [2.45, 2.75) is 25.2 Å². The predicted octanol–water partition coefficient (Wildman–Crippen LogP) is 4.40. The number of benzene rings is 3. The van der Waals surface area contributed by atoms with E-state index in [0.717, 1.165) is 27.5 Å². The quantitative estimate of drug-likeness (QED) is 0.566. The first-order valence-corrected chi connectivity index (χ1v) is 11.4. The van der Waals surface area contributed by atoms with Crippen molar-refractivity contribution in [2.75, 3.05) is 23.3 Å². The van der Waals surface area contributed by atoms with Gasteiger partial charge in [-0.2, -0.15) is 0 Å². The summed E-state index contributed by atoms with van der Waals surface area (Å²) in [4.78, 5) is 13.1. The highest BCUT2D eigenvalue weighted by Crippen LogP contribution is 2.27. The van der Waals surface area contributed by atoms with Crippen LogP contribution in [0.15, 0.2) is 77.7 Å². The van der Waals surface area contributed by atoms with Crippen LogP contribution in [-0.4, -0.2) is 28.0 Å². The molecule has 0 aliphatic heterocycles. The Morgan fingerprint density at radius 3 is 2.39 bits per heavy atom. The maximum atomic E-state index is 13.4. The summed E-state index contributed by atoms with van der Waals surface area (Å²) in [5.41, 5.74) is 2.98. The van der Waals surface area contributed by atoms with E-state index in [9.17, 15) is 13.2 Å². The zero-order chi connectivity index (χ0) is 22.4. The van der Waals surface area contributed by atoms with Gasteiger partial charge in [-0.3, -0.25) is 9.10 Å². The summed E-state index contributed by atoms with van der Waals surface area (Å²) in [6, 6.07) is 20.5. The molecule has 0 aromatic heterocycles. The summed E-state index contributed by atoms with van der Waals surface area (Å²) in [5.74, 6) is 0.0738. The van der Waals surface area contributed by atoms with E-state index in [1.54, 1.807) is 42.5 Å². The second-order valence-electron chi connectivity index (χ2n) is 7.04. The van der Waals surface area contributed by atoms with Crippen LogP contribution in [0.25, 0.3) is 0 Å². The summed E-state index contributed by atoms with van der Waals surface area (Å²) in [7, 11) is -2.47. The number of carbonyl (C=O) groups is 1. The summed E-state index contributed by atoms with van der Waals surface area (Å²) in [5, 5.41) is 2.91. The summed E-state index contributed by atoms with van der Waals surface area (Å²) >= 11 is 0. The van der Waals surface area contributed by atoms with E-state index >= 15 is 0 Å². The SMILES string of the molecule is CCc1cccc(C)c1NC(=O)CN(c1cccc(OC)c1)S(=O)(=O)c1ccccc1. The molecule has 1 amide bonds. The Morgan fingerprint density at radius 1 is 1.00 bits per heavy atom. The fourth-order valence-corrected chi connectivity index (χ4v) is 4.75. The molecule has 3 rings (SSSR count). The Kier molecular flexibility index (Phi) is 6.97. The fraction of sp³-hybridized carbons (Fsp3) is 0.208. The van der Waals surface area contributed by atoms with Crippen molar-refractivity contribution in [1.29, 1.82) is 0 Å². The van der Waals surface area contributed by atoms with Crippen molar-refractivity contribution < 1.29 is 17.9 Å². The van der Waals surface area contributed by atoms with Crippen LogP contribution in [-0.2, 0) is 21.2 Å². The summed E-state index contributed by atoms with van der Waals surface area (Å²) < 4.78 is 33.2. The third-order valence-electron chi connectivity index (χ3n) is 4.96. The van der Waals surface area contributed by atoms with Crippen molar-refractivity contribution >= 4 is 27.3 Å². The lowest BCUT2D eigenvalue weighted by Crippen LogP contribution is -2.38. The molecular formula is C24H26N2O4S. The van der Waals surface area contributed by atoms with Crippen LogP contribution in [0.1, 0.15) is 18.1 Å². The van der Waals surface area contributed by atoms with Crippen molar-refractivity contribution in [3.63, 3.8) is 0 Å². The number of methoxy groups -OCH3 is 1. The Bertz CT molecular complexity index is 1160. The highest BCUT2D eigenvalue weighted by atomic mass is 32.2. The van der Waals surface area contributed by atoms with E-state index in [1.807, 2.05) is 32.0 Å². The van der Waals surface area contributed by atoms with Crippen molar-refractivity contribution in [3.8, 4) is 5.75 Å². The normalized spacial score (nSPS) is 11.1. The molecule has 0 spiro atoms. The number of rotatable bonds is 8. The topological polar surface area (TPSA) is 75.7 Å². The number of nitrogens with zero attached hydrogens (tertiary/aromatic N) is 1. The average molecular weight is 439 g/mol. The Labute approximate surface area is 183 Å². The van der Waals surface area contributed by atoms with Gasteiger partial charge in [-0.15, -0.1) is 0 Å². The number of aryl methyl sites for hydroxylation is 2. The van der Waals surface area contributed by atoms with Gasteiger partial charge in [0, 0.05) is 11.8 Å². The van der Waals surface area contributed by atoms with E-state index in [4.69, 9.17) is 4.74 Å². The lowest BCUT2D eigenvalue weighted by Gasteiger charge is -2.25. The van der Waals surface area contributed by atoms with Gasteiger partial charge in [0.25, 0.3) is 10.0 Å². The van der Waals surface area contributed by atoms with Crippen LogP contribution in [0.3, 0.4) is 0 Å². The van der Waals surface area contributed by atoms with Crippen LogP contribution in [0.2, 0.25) is 0 Å². The van der Waals surface area contributed by atoms with Crippen LogP contribution in [0, 0.1) is 6.92 Å². The van der Waals surface area contributed by atoms with Gasteiger partial charge in [0.2, 0.25) is 5.91 Å². The first-order valence-electron chi connectivity index (χ1n) is 9.97. The van der Waals surface area contributed by atoms with Gasteiger partial charge in [0.1, 0.15) is 12.3 Å². The minimum atomic E-state index is -3.98. The highest BCUT2D eigenvalue weighted by molar-refractivity contribution is 7.92. The standard InChI is InChI=1S/C24H26N2O4S/c1-4-19-11-8-10-18(2)24(19)25-23(27)17-26(20-12-9-13-21(16-20)30-3)31(28,29)22-14-6-5-7-15-22/h5-16H,4,17H2,1-3H3,(H,25,27). The number of para-hydroxylation sites is 1. The number of nitrogens with one attached hydrogen (secondary N) is 1. The molecule has 3 aromatic rings. The molecule has 3 aromatic carbocycles. The molecule has 0 unspecified atom stereocenters. The monoisotopic (exact) mass is 438 g/mol. The Hall–Kier alpha value is -3.32. The first-order chi connectivity index (χ1) is 14.9. The molecule has 0 saturated carbocycles. The number of ether oxygens (including phenoxy) is 1. The van der Waals surface area contributed by atoms with Crippen molar-refractivity contribution in [2.24, 2.45) is 0 Å². The minimum Gasteiger partial charge on any atom is -0.497 e. The number of amides is 1. The molecule has 0 radical (unpaired) electrons. The van der Waals surface area contributed by atoms with E-state index in [2.05, 4.69) is 5.32 Å². The van der Waals surface area contributed by atoms with Crippen LogP contribution >= 0.6 is 0 Å². The number of hydrogen-bond acceptors (Lipinski definition) is 4. The molecule has 6 nitrogen and oxygen atoms in total. The Balaban J connectivity index is 1.98. The first kappa shape index (κ1) is 22.4. The van der Waals surface area contributed by atoms with Crippen LogP contribution in [0.5, 0.6) is 5.75 Å². The van der Waals surface area contributed by atoms with E-state index in [1.165, 1.54) is 19.2 Å². The molecule has 0 saturated heterocycles. The lowest BCUT2D eigenvalue weighted by molar-refractivity contribution is -0.114. The van der Waals surface area contributed by atoms with Gasteiger partial charge in [-0.1, -0.05) is 49.4 Å². The largest absolute Gasteiger partial charge is 0.497 e. The van der Waals surface area contributed by atoms with Gasteiger partial charge in [-0.05, 0) is 48.7 Å². The highest BCUT2D eigenvalue weighted by Gasteiger charge is 2.27. The zero-order valence-corrected chi connectivity index (χ0v) is 18.6. The molecule has 0 atom stereocenters. The smallest absolute Gasteiger partial charge is 0.264 e. The minimum absolute atomic E-state index is 0.107. The molecule has 162 valence electrons. The molecule has 31 heavy (non-hydrogen) atoms. The van der Waals surface area contributed by atoms with Gasteiger partial charge >= 0.3 is 0 Å². The van der Waals surface area contributed by atoms with Crippen LogP contribution in [0.4, 0.5) is 11.4 Å². The molecule has 0 bridgehead atoms. The van der Waals surface area contributed by atoms with Gasteiger partial charge in [0.05, 0.1) is 17.7 Å². The third-order valence-corrected chi connectivity index (χ3v) is 6.75. The van der Waals surface area contributed by atoms with Gasteiger partial charge < -0.3 is 10.1 Å². The maximum Gasteiger partial charge on any atom is 0.264 e. The molecule has 7 heteroatoms. The van der Waals surface area contributed by atoms with Crippen LogP contribution < -0.4 is 14.4 Å². The zero-order valence-electron chi connectivity index (χ0n) is 17.8. The molecule has 0 aliphatic rings. The second-order valence-corrected chi connectivity index (χ2v) is 8.90. The van der Waals surface area contributed by atoms with Gasteiger partial charge in [-0.25, -0.2) is 8.42 Å². The van der Waals surface area contributed by atoms with Crippen molar-refractivity contribution in [1.82, 2.24) is 0 Å². The molecule has 0 fully saturated rings. The molecule has 1 N–H and O–H groups in total. The van der Waals surface area contributed by atoms with E-state index < -0.39 is 15.9 Å². The fourth-order valence-electron chi connectivity index (χ4n) is 3.31. The summed E-state index contributed by atoms with van der Waals surface area (Å²) in [6.45, 7) is 3.55. The molecular weight excluding hydrogens is 412 g/mol. The molecule has 0 heterocycles. The number of carbonyl (C=O) groups excluding carboxylic acids is 1. The number of sulfonamides is 1. The van der Waals surface area contributed by atoms with E-state index in [-0.39, 0.29) is 11.4 Å². The maximum absolute atomic E-state index is 13.4. The number of hydrogen-bond donors (Lipinski definition) is 1. The Morgan fingerprint density at radius 2 is 1.71 bits per heavy atom. The predicted molar refractivity (Wildman–Crippen MR) is 123 cm³/mol. The van der Waals surface area contributed by atoms with Gasteiger partial charge in [0.15, 0.2) is 0 Å². The third kappa shape index (κ3) is 5.06. The average Bonchev–Trinajstić information content (AvgIpc) is 2.79.